The van der Waals surface area contributed by atoms with E-state index < -0.39 is 11.9 Å². The number of carbonyl (C=O) groups is 1. The number of hydrogen-bond donors (Lipinski definition) is 2. The molecule has 1 saturated heterocycles. The van der Waals surface area contributed by atoms with Crippen LogP contribution in [0, 0.1) is 5.82 Å². The first-order chi connectivity index (χ1) is 18.4. The number of halogens is 2. The zero-order valence-electron chi connectivity index (χ0n) is 20.6. The Balaban J connectivity index is 1.58. The average molecular weight is 595 g/mol. The van der Waals surface area contributed by atoms with Gasteiger partial charge in [-0.1, -0.05) is 28.9 Å². The number of carbonyl (C=O) groups excluding carboxylic acids is 1. The molecular weight excluding hydrogens is 571 g/mol. The predicted molar refractivity (Wildman–Crippen MR) is 152 cm³/mol. The van der Waals surface area contributed by atoms with Crippen LogP contribution in [0.15, 0.2) is 81.8 Å². The van der Waals surface area contributed by atoms with Crippen LogP contribution in [0.3, 0.4) is 0 Å². The first-order valence-electron chi connectivity index (χ1n) is 11.9. The summed E-state index contributed by atoms with van der Waals surface area (Å²) in [4.78, 5) is 18.5. The maximum atomic E-state index is 14.7. The second-order valence-electron chi connectivity index (χ2n) is 8.61. The van der Waals surface area contributed by atoms with E-state index in [2.05, 4.69) is 31.5 Å². The molecule has 3 heterocycles. The Morgan fingerprint density at radius 1 is 1.21 bits per heavy atom. The third-order valence-corrected chi connectivity index (χ3v) is 7.08. The van der Waals surface area contributed by atoms with Gasteiger partial charge in [-0.2, -0.15) is 0 Å². The standard InChI is InChI=1S/C28H24BrFN4O3S/c1-3-25(35)32-20-10-8-17(15-24(20)36-2)34-27(26(33-28(34)38)21-6-4-5-13-31-21)23-12-11-22(37-23)18-9-7-16(29)14-19(18)30/h4-15,26-27H,3H2,1-2H3,(H,32,35)(H,33,38)/t26-,27-/m0/s1. The Bertz CT molecular complexity index is 1500. The summed E-state index contributed by atoms with van der Waals surface area (Å²) < 4.78 is 27.2. The van der Waals surface area contributed by atoms with Gasteiger partial charge in [0, 0.05) is 28.8 Å². The van der Waals surface area contributed by atoms with Gasteiger partial charge < -0.3 is 24.7 Å². The quantitative estimate of drug-likeness (QED) is 0.228. The Hall–Kier alpha value is -3.76. The lowest BCUT2D eigenvalue weighted by molar-refractivity contribution is -0.115. The van der Waals surface area contributed by atoms with Crippen molar-refractivity contribution in [2.45, 2.75) is 25.4 Å². The summed E-state index contributed by atoms with van der Waals surface area (Å²) >= 11 is 9.08. The lowest BCUT2D eigenvalue weighted by Gasteiger charge is -2.27. The lowest BCUT2D eigenvalue weighted by Crippen LogP contribution is -2.29. The van der Waals surface area contributed by atoms with Gasteiger partial charge in [0.2, 0.25) is 5.91 Å². The van der Waals surface area contributed by atoms with Crippen LogP contribution < -0.4 is 20.3 Å². The molecule has 1 aliphatic heterocycles. The zero-order valence-corrected chi connectivity index (χ0v) is 23.0. The van der Waals surface area contributed by atoms with Crippen LogP contribution in [0.2, 0.25) is 0 Å². The summed E-state index contributed by atoms with van der Waals surface area (Å²) in [5.74, 6) is 0.952. The fourth-order valence-corrected chi connectivity index (χ4v) is 5.12. The van der Waals surface area contributed by atoms with E-state index in [0.29, 0.717) is 44.5 Å². The van der Waals surface area contributed by atoms with E-state index in [1.54, 1.807) is 44.5 Å². The third-order valence-electron chi connectivity index (χ3n) is 6.27. The van der Waals surface area contributed by atoms with Gasteiger partial charge in [-0.3, -0.25) is 9.78 Å². The molecule has 2 aromatic heterocycles. The monoisotopic (exact) mass is 594 g/mol. The number of benzene rings is 2. The molecule has 7 nitrogen and oxygen atoms in total. The number of hydrogen-bond acceptors (Lipinski definition) is 5. The number of anilines is 2. The SMILES string of the molecule is CCC(=O)Nc1ccc(N2C(=S)N[C@@H](c3ccccn3)[C@@H]2c2ccc(-c3ccc(Br)cc3F)o2)cc1OC. The van der Waals surface area contributed by atoms with Crippen molar-refractivity contribution in [3.8, 4) is 17.1 Å². The fourth-order valence-electron chi connectivity index (χ4n) is 4.44. The number of thiocarbonyl (C=S) groups is 1. The number of rotatable bonds is 7. The highest BCUT2D eigenvalue weighted by atomic mass is 79.9. The van der Waals surface area contributed by atoms with Gasteiger partial charge in [-0.05, 0) is 66.8 Å². The molecule has 0 radical (unpaired) electrons. The van der Waals surface area contributed by atoms with Crippen molar-refractivity contribution in [2.24, 2.45) is 0 Å². The maximum absolute atomic E-state index is 14.7. The van der Waals surface area contributed by atoms with E-state index in [1.165, 1.54) is 6.07 Å². The molecule has 4 aromatic rings. The van der Waals surface area contributed by atoms with Crippen molar-refractivity contribution in [3.63, 3.8) is 0 Å². The molecule has 0 aliphatic carbocycles. The van der Waals surface area contributed by atoms with E-state index in [1.807, 2.05) is 41.3 Å². The van der Waals surface area contributed by atoms with Crippen molar-refractivity contribution in [3.05, 3.63) is 94.7 Å². The smallest absolute Gasteiger partial charge is 0.224 e. The highest BCUT2D eigenvalue weighted by Crippen LogP contribution is 2.44. The molecule has 194 valence electrons. The zero-order chi connectivity index (χ0) is 26.8. The number of nitrogens with one attached hydrogen (secondary N) is 2. The molecule has 2 N–H and O–H groups in total. The molecule has 2 aromatic carbocycles. The van der Waals surface area contributed by atoms with Crippen molar-refractivity contribution in [1.82, 2.24) is 10.3 Å². The van der Waals surface area contributed by atoms with Gasteiger partial charge in [0.1, 0.15) is 29.1 Å². The van der Waals surface area contributed by atoms with Crippen LogP contribution in [0.1, 0.15) is 36.9 Å². The van der Waals surface area contributed by atoms with Crippen molar-refractivity contribution in [2.75, 3.05) is 17.3 Å². The second kappa shape index (κ2) is 10.9. The van der Waals surface area contributed by atoms with Crippen molar-refractivity contribution < 1.29 is 18.3 Å². The van der Waals surface area contributed by atoms with Gasteiger partial charge in [-0.15, -0.1) is 0 Å². The summed E-state index contributed by atoms with van der Waals surface area (Å²) in [5.41, 5.74) is 2.41. The number of nitrogens with zero attached hydrogens (tertiary/aromatic N) is 2. The van der Waals surface area contributed by atoms with E-state index in [9.17, 15) is 9.18 Å². The summed E-state index contributed by atoms with van der Waals surface area (Å²) in [7, 11) is 1.54. The average Bonchev–Trinajstić information content (AvgIpc) is 3.54. The number of methoxy groups -OCH3 is 1. The number of furan rings is 1. The number of amides is 1. The molecule has 1 fully saturated rings. The van der Waals surface area contributed by atoms with E-state index in [-0.39, 0.29) is 11.9 Å². The topological polar surface area (TPSA) is 79.6 Å². The highest BCUT2D eigenvalue weighted by molar-refractivity contribution is 9.10. The van der Waals surface area contributed by atoms with Gasteiger partial charge in [0.25, 0.3) is 0 Å². The summed E-state index contributed by atoms with van der Waals surface area (Å²) in [6, 6.07) is 18.7. The highest BCUT2D eigenvalue weighted by Gasteiger charge is 2.43. The minimum Gasteiger partial charge on any atom is -0.494 e. The molecule has 0 spiro atoms. The van der Waals surface area contributed by atoms with E-state index in [0.717, 1.165) is 11.4 Å². The normalized spacial score (nSPS) is 16.8. The molecule has 2 atom stereocenters. The largest absolute Gasteiger partial charge is 0.494 e. The summed E-state index contributed by atoms with van der Waals surface area (Å²) in [5, 5.41) is 6.69. The molecule has 5 rings (SSSR count). The van der Waals surface area contributed by atoms with Gasteiger partial charge >= 0.3 is 0 Å². The minimum atomic E-state index is -0.439. The van der Waals surface area contributed by atoms with Crippen LogP contribution in [-0.4, -0.2) is 23.1 Å². The Morgan fingerprint density at radius 3 is 2.76 bits per heavy atom. The Labute approximate surface area is 233 Å². The van der Waals surface area contributed by atoms with Gasteiger partial charge in [0.15, 0.2) is 5.11 Å². The summed E-state index contributed by atoms with van der Waals surface area (Å²) in [6.45, 7) is 1.78. The minimum absolute atomic E-state index is 0.120. The fraction of sp³-hybridized carbons (Fsp3) is 0.179. The molecule has 10 heteroatoms. The molecule has 0 bridgehead atoms. The van der Waals surface area contributed by atoms with E-state index in [4.69, 9.17) is 21.4 Å². The summed E-state index contributed by atoms with van der Waals surface area (Å²) in [6.07, 6.45) is 2.07. The maximum Gasteiger partial charge on any atom is 0.224 e. The molecule has 1 amide bonds. The Kier molecular flexibility index (Phi) is 7.44. The molecule has 38 heavy (non-hydrogen) atoms. The third kappa shape index (κ3) is 5.01. The van der Waals surface area contributed by atoms with Gasteiger partial charge in [-0.25, -0.2) is 4.39 Å². The lowest BCUT2D eigenvalue weighted by atomic mass is 10.0. The van der Waals surface area contributed by atoms with Crippen LogP contribution in [0.25, 0.3) is 11.3 Å². The van der Waals surface area contributed by atoms with Crippen LogP contribution in [0.4, 0.5) is 15.8 Å². The number of aromatic nitrogens is 1. The predicted octanol–water partition coefficient (Wildman–Crippen LogP) is 6.78. The number of ether oxygens (including phenoxy) is 1. The van der Waals surface area contributed by atoms with Crippen LogP contribution in [0.5, 0.6) is 5.75 Å². The molecule has 1 aliphatic rings. The second-order valence-corrected chi connectivity index (χ2v) is 9.91. The van der Waals surface area contributed by atoms with E-state index >= 15 is 0 Å². The van der Waals surface area contributed by atoms with Crippen LogP contribution >= 0.6 is 28.1 Å². The molecular formula is C28H24BrFN4O3S. The first kappa shape index (κ1) is 25.9. The van der Waals surface area contributed by atoms with Crippen molar-refractivity contribution >= 4 is 50.5 Å². The Morgan fingerprint density at radius 2 is 2.05 bits per heavy atom. The molecule has 0 unspecified atom stereocenters. The molecule has 0 saturated carbocycles. The van der Waals surface area contributed by atoms with Crippen LogP contribution in [-0.2, 0) is 4.79 Å². The number of pyridine rings is 1. The van der Waals surface area contributed by atoms with Crippen molar-refractivity contribution in [1.29, 1.82) is 0 Å². The first-order valence-corrected chi connectivity index (χ1v) is 13.1. The van der Waals surface area contributed by atoms with Gasteiger partial charge in [0.05, 0.1) is 30.1 Å².